The minimum Gasteiger partial charge on any atom is -0.358 e. The van der Waals surface area contributed by atoms with Crippen molar-refractivity contribution in [2.75, 3.05) is 5.32 Å². The van der Waals surface area contributed by atoms with Crippen LogP contribution in [-0.4, -0.2) is 20.6 Å². The largest absolute Gasteiger partial charge is 0.408 e. The van der Waals surface area contributed by atoms with Crippen LogP contribution in [0.3, 0.4) is 0 Å². The fraction of sp³-hybridized carbons (Fsp3) is 0.167. The number of carbonyl (C=O) groups is 1. The number of nitrogens with zero attached hydrogens (tertiary/aromatic N) is 3. The molecule has 2 aromatic rings. The molecular formula is C12H9BrClFN4O3. The van der Waals surface area contributed by atoms with Gasteiger partial charge in [0.2, 0.25) is 5.91 Å². The zero-order valence-electron chi connectivity index (χ0n) is 11.1. The van der Waals surface area contributed by atoms with Gasteiger partial charge in [0, 0.05) is 4.47 Å². The Morgan fingerprint density at radius 3 is 2.82 bits per heavy atom. The molecule has 1 amide bonds. The average Bonchev–Trinajstić information content (AvgIpc) is 2.70. The van der Waals surface area contributed by atoms with Gasteiger partial charge in [-0.1, -0.05) is 27.5 Å². The van der Waals surface area contributed by atoms with Crippen molar-refractivity contribution in [1.82, 2.24) is 9.78 Å². The van der Waals surface area contributed by atoms with E-state index >= 15 is 0 Å². The molecule has 0 bridgehead atoms. The van der Waals surface area contributed by atoms with Crippen LogP contribution < -0.4 is 5.32 Å². The quantitative estimate of drug-likeness (QED) is 0.639. The molecule has 1 N–H and O–H groups in total. The highest BCUT2D eigenvalue weighted by Crippen LogP contribution is 2.26. The molecule has 10 heteroatoms. The number of aromatic nitrogens is 2. The molecule has 0 spiro atoms. The van der Waals surface area contributed by atoms with E-state index < -0.39 is 22.5 Å². The zero-order valence-corrected chi connectivity index (χ0v) is 13.5. The van der Waals surface area contributed by atoms with Crippen molar-refractivity contribution in [2.45, 2.75) is 13.5 Å². The lowest BCUT2D eigenvalue weighted by Gasteiger charge is -2.06. The van der Waals surface area contributed by atoms with E-state index in [4.69, 9.17) is 11.6 Å². The molecule has 2 rings (SSSR count). The minimum atomic E-state index is -0.738. The Balaban J connectivity index is 2.16. The van der Waals surface area contributed by atoms with Gasteiger partial charge in [0.05, 0.1) is 16.5 Å². The van der Waals surface area contributed by atoms with E-state index in [0.29, 0.717) is 4.47 Å². The van der Waals surface area contributed by atoms with Crippen molar-refractivity contribution in [3.63, 3.8) is 0 Å². The molecule has 1 aromatic heterocycles. The average molecular weight is 392 g/mol. The molecular weight excluding hydrogens is 383 g/mol. The third-order valence-corrected chi connectivity index (χ3v) is 3.72. The van der Waals surface area contributed by atoms with E-state index in [0.717, 1.165) is 4.68 Å². The van der Waals surface area contributed by atoms with Crippen LogP contribution in [0.2, 0.25) is 5.02 Å². The molecule has 0 fully saturated rings. The summed E-state index contributed by atoms with van der Waals surface area (Å²) in [6.45, 7) is 1.17. The zero-order chi connectivity index (χ0) is 16.4. The summed E-state index contributed by atoms with van der Waals surface area (Å²) in [4.78, 5) is 21.9. The van der Waals surface area contributed by atoms with Gasteiger partial charge < -0.3 is 15.4 Å². The number of hydrogen-bond donors (Lipinski definition) is 1. The van der Waals surface area contributed by atoms with Gasteiger partial charge in [-0.05, 0) is 30.0 Å². The highest BCUT2D eigenvalue weighted by molar-refractivity contribution is 9.10. The van der Waals surface area contributed by atoms with E-state index in [1.807, 2.05) is 0 Å². The molecule has 0 aliphatic rings. The third-order valence-electron chi connectivity index (χ3n) is 2.79. The first kappa shape index (κ1) is 16.4. The Bertz CT molecular complexity index is 765. The van der Waals surface area contributed by atoms with Crippen LogP contribution >= 0.6 is 27.5 Å². The summed E-state index contributed by atoms with van der Waals surface area (Å²) in [5.74, 6) is -1.72. The molecule has 7 nitrogen and oxygen atoms in total. The topological polar surface area (TPSA) is 90.1 Å². The van der Waals surface area contributed by atoms with Gasteiger partial charge in [0.25, 0.3) is 0 Å². The van der Waals surface area contributed by atoms with Crippen LogP contribution in [0.5, 0.6) is 0 Å². The van der Waals surface area contributed by atoms with E-state index in [9.17, 15) is 19.3 Å². The van der Waals surface area contributed by atoms with Crippen LogP contribution in [0.1, 0.15) is 5.69 Å². The number of anilines is 1. The van der Waals surface area contributed by atoms with Crippen molar-refractivity contribution in [2.24, 2.45) is 0 Å². The molecule has 1 heterocycles. The fourth-order valence-electron chi connectivity index (χ4n) is 1.70. The van der Waals surface area contributed by atoms with Crippen LogP contribution in [0.4, 0.5) is 15.9 Å². The normalized spacial score (nSPS) is 10.5. The van der Waals surface area contributed by atoms with Gasteiger partial charge in [-0.3, -0.25) is 4.79 Å². The standard InChI is InChI=1S/C12H9BrClFN4O3/c1-6-11(14)12(19(21)22)17-18(6)5-10(20)16-9-3-2-7(13)4-8(9)15/h2-4H,5H2,1H3,(H,16,20). The summed E-state index contributed by atoms with van der Waals surface area (Å²) in [6, 6.07) is 4.17. The van der Waals surface area contributed by atoms with Gasteiger partial charge in [-0.15, -0.1) is 0 Å². The molecule has 1 aromatic carbocycles. The Kier molecular flexibility index (Phi) is 4.77. The second-order valence-corrected chi connectivity index (χ2v) is 5.60. The third kappa shape index (κ3) is 3.42. The molecule has 0 unspecified atom stereocenters. The Morgan fingerprint density at radius 1 is 1.59 bits per heavy atom. The number of halogens is 3. The summed E-state index contributed by atoms with van der Waals surface area (Å²) in [5.41, 5.74) is 0.276. The number of benzene rings is 1. The smallest absolute Gasteiger partial charge is 0.358 e. The lowest BCUT2D eigenvalue weighted by molar-refractivity contribution is -0.389. The Labute approximate surface area is 137 Å². The van der Waals surface area contributed by atoms with E-state index in [1.54, 1.807) is 6.07 Å². The lowest BCUT2D eigenvalue weighted by atomic mass is 10.3. The molecule has 22 heavy (non-hydrogen) atoms. The molecule has 0 radical (unpaired) electrons. The monoisotopic (exact) mass is 390 g/mol. The number of carbonyl (C=O) groups excluding carboxylic acids is 1. The van der Waals surface area contributed by atoms with Crippen LogP contribution in [0.25, 0.3) is 0 Å². The minimum absolute atomic E-state index is 0.00129. The highest BCUT2D eigenvalue weighted by Gasteiger charge is 2.25. The molecule has 116 valence electrons. The van der Waals surface area contributed by atoms with Crippen molar-refractivity contribution < 1.29 is 14.1 Å². The van der Waals surface area contributed by atoms with Crippen LogP contribution in [0.15, 0.2) is 22.7 Å². The van der Waals surface area contributed by atoms with Gasteiger partial charge in [-0.25, -0.2) is 4.39 Å². The molecule has 0 aliphatic heterocycles. The second-order valence-electron chi connectivity index (χ2n) is 4.31. The number of nitrogens with one attached hydrogen (secondary N) is 1. The summed E-state index contributed by atoms with van der Waals surface area (Å²) in [6.07, 6.45) is 0. The van der Waals surface area contributed by atoms with Gasteiger partial charge in [0.15, 0.2) is 5.02 Å². The van der Waals surface area contributed by atoms with Gasteiger partial charge in [0.1, 0.15) is 12.4 Å². The first-order valence-corrected chi connectivity index (χ1v) is 7.09. The van der Waals surface area contributed by atoms with Gasteiger partial charge in [-0.2, -0.15) is 4.68 Å². The number of nitro groups is 1. The maximum atomic E-state index is 13.6. The molecule has 0 aliphatic carbocycles. The maximum Gasteiger partial charge on any atom is 0.408 e. The number of rotatable bonds is 4. The van der Waals surface area contributed by atoms with Crippen LogP contribution in [0, 0.1) is 22.9 Å². The van der Waals surface area contributed by atoms with E-state index in [2.05, 4.69) is 26.3 Å². The molecule has 0 saturated heterocycles. The summed E-state index contributed by atoms with van der Waals surface area (Å²) < 4.78 is 15.3. The summed E-state index contributed by atoms with van der Waals surface area (Å²) >= 11 is 8.88. The second kappa shape index (κ2) is 6.41. The molecule has 0 saturated carbocycles. The van der Waals surface area contributed by atoms with Crippen molar-refractivity contribution in [3.8, 4) is 0 Å². The number of hydrogen-bond acceptors (Lipinski definition) is 4. The van der Waals surface area contributed by atoms with Crippen molar-refractivity contribution in [1.29, 1.82) is 0 Å². The Morgan fingerprint density at radius 2 is 2.27 bits per heavy atom. The highest BCUT2D eigenvalue weighted by atomic mass is 79.9. The van der Waals surface area contributed by atoms with Gasteiger partial charge >= 0.3 is 5.82 Å². The lowest BCUT2D eigenvalue weighted by Crippen LogP contribution is -2.21. The van der Waals surface area contributed by atoms with Crippen molar-refractivity contribution >= 4 is 44.9 Å². The van der Waals surface area contributed by atoms with E-state index in [-0.39, 0.29) is 22.9 Å². The first-order chi connectivity index (χ1) is 10.3. The first-order valence-electron chi connectivity index (χ1n) is 5.91. The SMILES string of the molecule is Cc1c(Cl)c([N+](=O)[O-])nn1CC(=O)Nc1ccc(Br)cc1F. The Hall–Kier alpha value is -2.00. The number of amides is 1. The van der Waals surface area contributed by atoms with Crippen LogP contribution in [-0.2, 0) is 11.3 Å². The van der Waals surface area contributed by atoms with Crippen molar-refractivity contribution in [3.05, 3.63) is 49.3 Å². The van der Waals surface area contributed by atoms with E-state index in [1.165, 1.54) is 19.1 Å². The predicted molar refractivity (Wildman–Crippen MR) is 81.4 cm³/mol. The predicted octanol–water partition coefficient (Wildman–Crippen LogP) is 3.29. The summed E-state index contributed by atoms with van der Waals surface area (Å²) in [7, 11) is 0. The fourth-order valence-corrected chi connectivity index (χ4v) is 2.23. The maximum absolute atomic E-state index is 13.6. The summed E-state index contributed by atoms with van der Waals surface area (Å²) in [5, 5.41) is 16.6. The molecule has 0 atom stereocenters.